The second-order valence-electron chi connectivity index (χ2n) is 6.34. The highest BCUT2D eigenvalue weighted by atomic mass is 32.1. The van der Waals surface area contributed by atoms with Crippen LogP contribution < -0.4 is 5.73 Å². The van der Waals surface area contributed by atoms with Crippen LogP contribution in [0.5, 0.6) is 0 Å². The van der Waals surface area contributed by atoms with Crippen LogP contribution in [0.3, 0.4) is 0 Å². The zero-order valence-electron chi connectivity index (χ0n) is 14.0. The number of rotatable bonds is 3. The molecule has 0 radical (unpaired) electrons. The number of piperidine rings is 1. The zero-order valence-corrected chi connectivity index (χ0v) is 14.8. The van der Waals surface area contributed by atoms with Gasteiger partial charge in [-0.2, -0.15) is 0 Å². The van der Waals surface area contributed by atoms with Gasteiger partial charge in [-0.1, -0.05) is 19.1 Å². The van der Waals surface area contributed by atoms with Gasteiger partial charge in [0.05, 0.1) is 9.88 Å². The molecule has 2 aromatic rings. The van der Waals surface area contributed by atoms with Gasteiger partial charge in [0.15, 0.2) is 0 Å². The SMILES string of the molecule is Cc1nc(C(=O)N2CCC[C@@H](C)C2CN)c(-c2cccc(F)c2)s1. The van der Waals surface area contributed by atoms with Gasteiger partial charge in [0, 0.05) is 19.1 Å². The molecule has 0 bridgehead atoms. The van der Waals surface area contributed by atoms with E-state index in [2.05, 4.69) is 11.9 Å². The number of benzene rings is 1. The van der Waals surface area contributed by atoms with Crippen molar-refractivity contribution in [2.45, 2.75) is 32.7 Å². The quantitative estimate of drug-likeness (QED) is 0.925. The number of amides is 1. The summed E-state index contributed by atoms with van der Waals surface area (Å²) < 4.78 is 13.6. The van der Waals surface area contributed by atoms with Crippen molar-refractivity contribution in [2.75, 3.05) is 13.1 Å². The molecule has 1 fully saturated rings. The molecule has 128 valence electrons. The third-order valence-corrected chi connectivity index (χ3v) is 5.66. The fourth-order valence-corrected chi connectivity index (χ4v) is 4.30. The lowest BCUT2D eigenvalue weighted by Gasteiger charge is -2.39. The monoisotopic (exact) mass is 347 g/mol. The van der Waals surface area contributed by atoms with Gasteiger partial charge in [-0.15, -0.1) is 11.3 Å². The summed E-state index contributed by atoms with van der Waals surface area (Å²) in [7, 11) is 0. The van der Waals surface area contributed by atoms with Gasteiger partial charge in [-0.3, -0.25) is 4.79 Å². The molecule has 2 N–H and O–H groups in total. The van der Waals surface area contributed by atoms with Gasteiger partial charge in [-0.05, 0) is 43.4 Å². The molecule has 0 spiro atoms. The number of hydrogen-bond acceptors (Lipinski definition) is 4. The zero-order chi connectivity index (χ0) is 17.3. The summed E-state index contributed by atoms with van der Waals surface area (Å²) in [6.45, 7) is 5.15. The van der Waals surface area contributed by atoms with Crippen LogP contribution in [0.4, 0.5) is 4.39 Å². The molecule has 1 saturated heterocycles. The lowest BCUT2D eigenvalue weighted by molar-refractivity contribution is 0.0528. The average Bonchev–Trinajstić information content (AvgIpc) is 2.96. The molecule has 1 aliphatic heterocycles. The van der Waals surface area contributed by atoms with Crippen molar-refractivity contribution in [2.24, 2.45) is 11.7 Å². The molecule has 3 rings (SSSR count). The number of nitrogens with two attached hydrogens (primary N) is 1. The standard InChI is InChI=1S/C18H22FN3OS/c1-11-5-4-8-22(15(11)10-20)18(23)16-17(24-12(2)21-16)13-6-3-7-14(19)9-13/h3,6-7,9,11,15H,4-5,8,10,20H2,1-2H3/t11-,15?/m1/s1. The Morgan fingerprint density at radius 1 is 1.50 bits per heavy atom. The van der Waals surface area contributed by atoms with Gasteiger partial charge in [0.1, 0.15) is 11.5 Å². The minimum Gasteiger partial charge on any atom is -0.333 e. The first kappa shape index (κ1) is 17.0. The van der Waals surface area contributed by atoms with E-state index in [0.29, 0.717) is 30.3 Å². The van der Waals surface area contributed by atoms with Gasteiger partial charge in [0.2, 0.25) is 0 Å². The summed E-state index contributed by atoms with van der Waals surface area (Å²) >= 11 is 1.42. The molecule has 2 heterocycles. The molecule has 1 aliphatic rings. The number of carbonyl (C=O) groups excluding carboxylic acids is 1. The van der Waals surface area contributed by atoms with Crippen molar-refractivity contribution in [3.8, 4) is 10.4 Å². The molecule has 1 aromatic carbocycles. The Labute approximate surface area is 145 Å². The Kier molecular flexibility index (Phi) is 4.96. The number of likely N-dealkylation sites (tertiary alicyclic amines) is 1. The van der Waals surface area contributed by atoms with E-state index < -0.39 is 0 Å². The van der Waals surface area contributed by atoms with E-state index in [0.717, 1.165) is 22.7 Å². The van der Waals surface area contributed by atoms with Crippen molar-refractivity contribution in [1.29, 1.82) is 0 Å². The lowest BCUT2D eigenvalue weighted by Crippen LogP contribution is -2.51. The molecular formula is C18H22FN3OS. The van der Waals surface area contributed by atoms with Crippen LogP contribution in [-0.4, -0.2) is 34.9 Å². The first-order chi connectivity index (χ1) is 11.5. The highest BCUT2D eigenvalue weighted by molar-refractivity contribution is 7.15. The van der Waals surface area contributed by atoms with Crippen molar-refractivity contribution in [3.63, 3.8) is 0 Å². The number of thiazole rings is 1. The van der Waals surface area contributed by atoms with Gasteiger partial charge in [-0.25, -0.2) is 9.37 Å². The van der Waals surface area contributed by atoms with Crippen LogP contribution in [0, 0.1) is 18.7 Å². The molecule has 1 aromatic heterocycles. The van der Waals surface area contributed by atoms with E-state index in [1.807, 2.05) is 17.9 Å². The van der Waals surface area contributed by atoms with E-state index in [1.54, 1.807) is 6.07 Å². The number of nitrogens with zero attached hydrogens (tertiary/aromatic N) is 2. The highest BCUT2D eigenvalue weighted by Crippen LogP contribution is 2.33. The van der Waals surface area contributed by atoms with Crippen molar-refractivity contribution < 1.29 is 9.18 Å². The Hall–Kier alpha value is -1.79. The third kappa shape index (κ3) is 3.21. The third-order valence-electron chi connectivity index (χ3n) is 4.64. The summed E-state index contributed by atoms with van der Waals surface area (Å²) in [6.07, 6.45) is 2.06. The molecule has 24 heavy (non-hydrogen) atoms. The molecule has 6 heteroatoms. The normalized spacial score (nSPS) is 21.1. The van der Waals surface area contributed by atoms with Crippen LogP contribution in [-0.2, 0) is 0 Å². The van der Waals surface area contributed by atoms with Crippen molar-refractivity contribution in [1.82, 2.24) is 9.88 Å². The maximum absolute atomic E-state index is 13.6. The lowest BCUT2D eigenvalue weighted by atomic mass is 9.90. The molecule has 4 nitrogen and oxygen atoms in total. The van der Waals surface area contributed by atoms with Gasteiger partial charge >= 0.3 is 0 Å². The van der Waals surface area contributed by atoms with Gasteiger partial charge < -0.3 is 10.6 Å². The molecule has 0 aliphatic carbocycles. The predicted octanol–water partition coefficient (Wildman–Crippen LogP) is 3.46. The van der Waals surface area contributed by atoms with Crippen LogP contribution in [0.25, 0.3) is 10.4 Å². The number of carbonyl (C=O) groups is 1. The maximum atomic E-state index is 13.6. The summed E-state index contributed by atoms with van der Waals surface area (Å²) in [5, 5.41) is 0.798. The smallest absolute Gasteiger partial charge is 0.274 e. The Balaban J connectivity index is 1.99. The second kappa shape index (κ2) is 6.99. The van der Waals surface area contributed by atoms with Crippen molar-refractivity contribution >= 4 is 17.2 Å². The minimum atomic E-state index is -0.316. The largest absolute Gasteiger partial charge is 0.333 e. The average molecular weight is 347 g/mol. The maximum Gasteiger partial charge on any atom is 0.274 e. The minimum absolute atomic E-state index is 0.0358. The molecule has 1 amide bonds. The number of hydrogen-bond donors (Lipinski definition) is 1. The number of halogens is 1. The fourth-order valence-electron chi connectivity index (χ4n) is 3.39. The summed E-state index contributed by atoms with van der Waals surface area (Å²) in [5.74, 6) is -0.0333. The Morgan fingerprint density at radius 2 is 2.29 bits per heavy atom. The van der Waals surface area contributed by atoms with E-state index in [1.165, 1.54) is 23.5 Å². The van der Waals surface area contributed by atoms with E-state index in [-0.39, 0.29) is 17.8 Å². The predicted molar refractivity (Wildman–Crippen MR) is 94.5 cm³/mol. The van der Waals surface area contributed by atoms with Crippen LogP contribution in [0.2, 0.25) is 0 Å². The Bertz CT molecular complexity index is 746. The van der Waals surface area contributed by atoms with E-state index >= 15 is 0 Å². The Morgan fingerprint density at radius 3 is 3.00 bits per heavy atom. The topological polar surface area (TPSA) is 59.2 Å². The van der Waals surface area contributed by atoms with E-state index in [4.69, 9.17) is 5.73 Å². The second-order valence-corrected chi connectivity index (χ2v) is 7.55. The van der Waals surface area contributed by atoms with Crippen molar-refractivity contribution in [3.05, 3.63) is 40.8 Å². The molecule has 1 unspecified atom stereocenters. The highest BCUT2D eigenvalue weighted by Gasteiger charge is 2.33. The molecule has 2 atom stereocenters. The molecular weight excluding hydrogens is 325 g/mol. The first-order valence-electron chi connectivity index (χ1n) is 8.25. The summed E-state index contributed by atoms with van der Waals surface area (Å²) in [5.41, 5.74) is 7.02. The summed E-state index contributed by atoms with van der Waals surface area (Å²) in [4.78, 5) is 20.2. The molecule has 0 saturated carbocycles. The number of aromatic nitrogens is 1. The fraction of sp³-hybridized carbons (Fsp3) is 0.444. The first-order valence-corrected chi connectivity index (χ1v) is 9.07. The van der Waals surface area contributed by atoms with Gasteiger partial charge in [0.25, 0.3) is 5.91 Å². The van der Waals surface area contributed by atoms with E-state index in [9.17, 15) is 9.18 Å². The van der Waals surface area contributed by atoms with Crippen LogP contribution >= 0.6 is 11.3 Å². The van der Waals surface area contributed by atoms with Crippen LogP contribution in [0.15, 0.2) is 24.3 Å². The van der Waals surface area contributed by atoms with Crippen LogP contribution in [0.1, 0.15) is 35.3 Å². The number of aryl methyl sites for hydroxylation is 1. The summed E-state index contributed by atoms with van der Waals surface area (Å²) in [6, 6.07) is 6.35.